The van der Waals surface area contributed by atoms with E-state index in [1.165, 1.54) is 0 Å². The van der Waals surface area contributed by atoms with E-state index in [0.29, 0.717) is 0 Å². The Morgan fingerprint density at radius 1 is 1.22 bits per heavy atom. The Labute approximate surface area is 97.6 Å². The van der Waals surface area contributed by atoms with Crippen molar-refractivity contribution in [3.63, 3.8) is 0 Å². The predicted molar refractivity (Wildman–Crippen MR) is 48.6 cm³/mol. The summed E-state index contributed by atoms with van der Waals surface area (Å²) in [4.78, 5) is 2.81. The molecule has 1 aromatic rings. The van der Waals surface area contributed by atoms with E-state index in [-0.39, 0.29) is 17.7 Å². The molecule has 0 aliphatic carbocycles. The molecule has 0 saturated heterocycles. The van der Waals surface area contributed by atoms with E-state index in [4.69, 9.17) is 5.73 Å². The van der Waals surface area contributed by atoms with Crippen LogP contribution in [-0.4, -0.2) is 11.3 Å². The number of hydrogen-bond donors (Lipinski definition) is 1. The fourth-order valence-electron chi connectivity index (χ4n) is 1.29. The third kappa shape index (κ3) is 3.49. The first-order chi connectivity index (χ1) is 8.04. The van der Waals surface area contributed by atoms with E-state index in [9.17, 15) is 26.3 Å². The summed E-state index contributed by atoms with van der Waals surface area (Å²) in [6, 6.07) is 0.734. The Bertz CT molecular complexity index is 440. The van der Waals surface area contributed by atoms with Crippen LogP contribution < -0.4 is 10.5 Å². The third-order valence-corrected chi connectivity index (χ3v) is 2.07. The van der Waals surface area contributed by atoms with Gasteiger partial charge in [0.1, 0.15) is 0 Å². The van der Waals surface area contributed by atoms with Crippen molar-refractivity contribution in [1.82, 2.24) is 4.98 Å². The van der Waals surface area contributed by atoms with Crippen molar-refractivity contribution in [3.05, 3.63) is 22.9 Å². The summed E-state index contributed by atoms with van der Waals surface area (Å²) >= 11 is 0. The first kappa shape index (κ1) is 14.6. The molecular formula is C9H8F6N2O. The normalized spacial score (nSPS) is 12.7. The minimum atomic E-state index is -5.11. The molecule has 1 heterocycles. The number of hydrogen-bond acceptors (Lipinski definition) is 3. The van der Waals surface area contributed by atoms with Gasteiger partial charge in [0.05, 0.1) is 0 Å². The average molecular weight is 274 g/mol. The highest BCUT2D eigenvalue weighted by Gasteiger charge is 2.38. The van der Waals surface area contributed by atoms with Gasteiger partial charge in [0, 0.05) is 12.6 Å². The Hall–Kier alpha value is -1.51. The molecule has 0 amide bonds. The second-order valence-corrected chi connectivity index (χ2v) is 3.34. The van der Waals surface area contributed by atoms with Crippen LogP contribution in [0.2, 0.25) is 0 Å². The first-order valence-corrected chi connectivity index (χ1v) is 4.58. The van der Waals surface area contributed by atoms with E-state index in [1.807, 2.05) is 0 Å². The lowest BCUT2D eigenvalue weighted by Crippen LogP contribution is -2.21. The zero-order chi connectivity index (χ0) is 14.1. The van der Waals surface area contributed by atoms with Gasteiger partial charge in [-0.05, 0) is 18.1 Å². The molecule has 1 rings (SSSR count). The highest BCUT2D eigenvalue weighted by Crippen LogP contribution is 2.34. The molecule has 102 valence electrons. The fourth-order valence-corrected chi connectivity index (χ4v) is 1.29. The molecule has 0 atom stereocenters. The zero-order valence-electron chi connectivity index (χ0n) is 8.99. The maximum Gasteiger partial charge on any atom is 0.574 e. The summed E-state index contributed by atoms with van der Waals surface area (Å²) in [7, 11) is 0. The van der Waals surface area contributed by atoms with Gasteiger partial charge < -0.3 is 10.5 Å². The summed E-state index contributed by atoms with van der Waals surface area (Å²) < 4.78 is 76.8. The lowest BCUT2D eigenvalue weighted by atomic mass is 10.1. The molecule has 0 saturated carbocycles. The predicted octanol–water partition coefficient (Wildman–Crippen LogP) is 2.77. The van der Waals surface area contributed by atoms with E-state index < -0.39 is 24.1 Å². The van der Waals surface area contributed by atoms with Crippen molar-refractivity contribution in [3.8, 4) is 5.88 Å². The third-order valence-electron chi connectivity index (χ3n) is 2.07. The van der Waals surface area contributed by atoms with Crippen LogP contribution in [0.1, 0.15) is 16.8 Å². The van der Waals surface area contributed by atoms with Crippen molar-refractivity contribution < 1.29 is 31.1 Å². The molecule has 0 radical (unpaired) electrons. The van der Waals surface area contributed by atoms with Gasteiger partial charge in [-0.3, -0.25) is 0 Å². The van der Waals surface area contributed by atoms with Crippen molar-refractivity contribution in [1.29, 1.82) is 0 Å². The molecule has 0 aliphatic rings. The lowest BCUT2D eigenvalue weighted by molar-refractivity contribution is -0.276. The molecule has 0 spiro atoms. The maximum atomic E-state index is 12.5. The summed E-state index contributed by atoms with van der Waals surface area (Å²) in [6.07, 6.45) is -9.99. The molecule has 0 aliphatic heterocycles. The number of aromatic nitrogens is 1. The SMILES string of the molecule is Cc1c(CN)cc(OC(F)(F)F)nc1C(F)(F)F. The molecule has 3 nitrogen and oxygen atoms in total. The number of pyridine rings is 1. The minimum absolute atomic E-state index is 0.114. The van der Waals surface area contributed by atoms with E-state index in [1.54, 1.807) is 0 Å². The van der Waals surface area contributed by atoms with Crippen LogP contribution in [0.25, 0.3) is 0 Å². The lowest BCUT2D eigenvalue weighted by Gasteiger charge is -2.15. The summed E-state index contributed by atoms with van der Waals surface area (Å²) in [5.41, 5.74) is 3.29. The topological polar surface area (TPSA) is 48.1 Å². The average Bonchev–Trinajstić information content (AvgIpc) is 2.16. The van der Waals surface area contributed by atoms with Gasteiger partial charge in [-0.25, -0.2) is 4.98 Å². The smallest absolute Gasteiger partial charge is 0.388 e. The van der Waals surface area contributed by atoms with Crippen molar-refractivity contribution in [2.45, 2.75) is 26.0 Å². The van der Waals surface area contributed by atoms with E-state index >= 15 is 0 Å². The van der Waals surface area contributed by atoms with Crippen molar-refractivity contribution >= 4 is 0 Å². The summed E-state index contributed by atoms with van der Waals surface area (Å²) in [5, 5.41) is 0. The Morgan fingerprint density at radius 3 is 2.17 bits per heavy atom. The van der Waals surface area contributed by atoms with Gasteiger partial charge in [-0.2, -0.15) is 13.2 Å². The van der Waals surface area contributed by atoms with Gasteiger partial charge in [0.15, 0.2) is 5.69 Å². The Morgan fingerprint density at radius 2 is 1.78 bits per heavy atom. The van der Waals surface area contributed by atoms with E-state index in [2.05, 4.69) is 9.72 Å². The number of nitrogens with zero attached hydrogens (tertiary/aromatic N) is 1. The molecule has 0 unspecified atom stereocenters. The number of ether oxygens (including phenoxy) is 1. The van der Waals surface area contributed by atoms with Crippen LogP contribution in [0.15, 0.2) is 6.07 Å². The molecule has 18 heavy (non-hydrogen) atoms. The maximum absolute atomic E-state index is 12.5. The van der Waals surface area contributed by atoms with Gasteiger partial charge >= 0.3 is 12.5 Å². The van der Waals surface area contributed by atoms with Gasteiger partial charge in [-0.15, -0.1) is 13.2 Å². The monoisotopic (exact) mass is 274 g/mol. The molecule has 2 N–H and O–H groups in total. The van der Waals surface area contributed by atoms with Crippen LogP contribution >= 0.6 is 0 Å². The Balaban J connectivity index is 3.31. The molecule has 0 bridgehead atoms. The summed E-state index contributed by atoms with van der Waals surface area (Å²) in [6.45, 7) is 0.723. The Kier molecular flexibility index (Phi) is 3.75. The molecule has 0 aromatic carbocycles. The molecular weight excluding hydrogens is 266 g/mol. The second-order valence-electron chi connectivity index (χ2n) is 3.34. The van der Waals surface area contributed by atoms with Crippen molar-refractivity contribution in [2.75, 3.05) is 0 Å². The van der Waals surface area contributed by atoms with Crippen molar-refractivity contribution in [2.24, 2.45) is 5.73 Å². The van der Waals surface area contributed by atoms with Crippen LogP contribution in [0.3, 0.4) is 0 Å². The summed E-state index contributed by atoms with van der Waals surface area (Å²) in [5.74, 6) is -1.18. The molecule has 0 fully saturated rings. The number of alkyl halides is 6. The largest absolute Gasteiger partial charge is 0.574 e. The van der Waals surface area contributed by atoms with Crippen LogP contribution in [0.5, 0.6) is 5.88 Å². The van der Waals surface area contributed by atoms with Crippen LogP contribution in [0.4, 0.5) is 26.3 Å². The van der Waals surface area contributed by atoms with Gasteiger partial charge in [0.25, 0.3) is 0 Å². The number of rotatable bonds is 2. The van der Waals surface area contributed by atoms with Crippen LogP contribution in [-0.2, 0) is 12.7 Å². The molecule has 1 aromatic heterocycles. The first-order valence-electron chi connectivity index (χ1n) is 4.58. The van der Waals surface area contributed by atoms with Gasteiger partial charge in [0.2, 0.25) is 5.88 Å². The van der Waals surface area contributed by atoms with Gasteiger partial charge in [-0.1, -0.05) is 0 Å². The second kappa shape index (κ2) is 4.63. The van der Waals surface area contributed by atoms with Crippen LogP contribution in [0, 0.1) is 6.92 Å². The standard InChI is InChI=1S/C9H8F6N2O/c1-4-5(3-16)2-6(18-9(13,14)15)17-7(4)8(10,11)12/h2H,3,16H2,1H3. The zero-order valence-corrected chi connectivity index (χ0v) is 8.99. The quantitative estimate of drug-likeness (QED) is 0.843. The highest BCUT2D eigenvalue weighted by atomic mass is 19.4. The minimum Gasteiger partial charge on any atom is -0.388 e. The van der Waals surface area contributed by atoms with E-state index in [0.717, 1.165) is 13.0 Å². The molecule has 9 heteroatoms. The number of halogens is 6. The number of nitrogens with two attached hydrogens (primary N) is 1. The highest BCUT2D eigenvalue weighted by molar-refractivity contribution is 5.35. The fraction of sp³-hybridized carbons (Fsp3) is 0.444.